The Labute approximate surface area is 162 Å². The van der Waals surface area contributed by atoms with Crippen LogP contribution in [0.5, 0.6) is 0 Å². The molecule has 2 N–H and O–H groups in total. The van der Waals surface area contributed by atoms with E-state index in [1.807, 2.05) is 39.0 Å². The molecule has 0 saturated heterocycles. The van der Waals surface area contributed by atoms with Gasteiger partial charge in [0, 0.05) is 17.3 Å². The standard InChI is InChI=1S/C21H22FN5O/c1-12-8-9-17(13(2)10-12)26-20(28)18-14(3)25-21-23-11-24-27(21)19(18)15-6-4-5-7-16(15)22/h4-11,14,18-19H,1-3H3,(H,26,28)(H,23,24,25)/t14-,18+,19-/m0/s1. The average molecular weight is 379 g/mol. The molecular weight excluding hydrogens is 357 g/mol. The molecule has 4 rings (SSSR count). The van der Waals surface area contributed by atoms with Crippen LogP contribution in [0.15, 0.2) is 48.8 Å². The van der Waals surface area contributed by atoms with Gasteiger partial charge in [0.2, 0.25) is 11.9 Å². The summed E-state index contributed by atoms with van der Waals surface area (Å²) >= 11 is 0. The van der Waals surface area contributed by atoms with E-state index in [1.165, 1.54) is 12.4 Å². The van der Waals surface area contributed by atoms with Crippen LogP contribution in [0.25, 0.3) is 0 Å². The van der Waals surface area contributed by atoms with Gasteiger partial charge < -0.3 is 10.6 Å². The second kappa shape index (κ2) is 7.07. The third kappa shape index (κ3) is 3.13. The van der Waals surface area contributed by atoms with E-state index in [4.69, 9.17) is 0 Å². The minimum Gasteiger partial charge on any atom is -0.351 e. The Bertz CT molecular complexity index is 1030. The average Bonchev–Trinajstić information content (AvgIpc) is 3.11. The highest BCUT2D eigenvalue weighted by Gasteiger charge is 2.42. The fourth-order valence-electron chi connectivity index (χ4n) is 3.86. The molecule has 0 saturated carbocycles. The lowest BCUT2D eigenvalue weighted by Gasteiger charge is -2.37. The van der Waals surface area contributed by atoms with Crippen LogP contribution >= 0.6 is 0 Å². The van der Waals surface area contributed by atoms with Gasteiger partial charge in [-0.05, 0) is 38.5 Å². The van der Waals surface area contributed by atoms with E-state index in [0.717, 1.165) is 16.8 Å². The van der Waals surface area contributed by atoms with Gasteiger partial charge in [-0.15, -0.1) is 0 Å². The molecule has 0 radical (unpaired) electrons. The second-order valence-corrected chi connectivity index (χ2v) is 7.26. The van der Waals surface area contributed by atoms with E-state index < -0.39 is 12.0 Å². The van der Waals surface area contributed by atoms with Crippen LogP contribution in [0.4, 0.5) is 16.0 Å². The zero-order chi connectivity index (χ0) is 19.8. The zero-order valence-electron chi connectivity index (χ0n) is 16.0. The second-order valence-electron chi connectivity index (χ2n) is 7.26. The highest BCUT2D eigenvalue weighted by atomic mass is 19.1. The van der Waals surface area contributed by atoms with E-state index >= 15 is 0 Å². The Balaban J connectivity index is 1.75. The summed E-state index contributed by atoms with van der Waals surface area (Å²) in [5.74, 6) is -0.614. The molecule has 3 atom stereocenters. The molecule has 3 aromatic rings. The molecule has 0 bridgehead atoms. The third-order valence-corrected chi connectivity index (χ3v) is 5.24. The zero-order valence-corrected chi connectivity index (χ0v) is 16.0. The van der Waals surface area contributed by atoms with Crippen molar-refractivity contribution in [3.8, 4) is 0 Å². The first-order chi connectivity index (χ1) is 13.5. The molecule has 0 spiro atoms. The van der Waals surface area contributed by atoms with Crippen LogP contribution in [-0.2, 0) is 4.79 Å². The number of hydrogen-bond acceptors (Lipinski definition) is 4. The first-order valence-corrected chi connectivity index (χ1v) is 9.24. The molecule has 28 heavy (non-hydrogen) atoms. The number of nitrogens with one attached hydrogen (secondary N) is 2. The Kier molecular flexibility index (Phi) is 4.58. The quantitative estimate of drug-likeness (QED) is 0.728. The molecular formula is C21H22FN5O. The molecule has 6 nitrogen and oxygen atoms in total. The number of halogens is 1. The van der Waals surface area contributed by atoms with Crippen molar-refractivity contribution in [1.82, 2.24) is 14.8 Å². The van der Waals surface area contributed by atoms with Gasteiger partial charge in [-0.1, -0.05) is 35.9 Å². The summed E-state index contributed by atoms with van der Waals surface area (Å²) in [5, 5.41) is 10.5. The molecule has 1 aliphatic heterocycles. The lowest BCUT2D eigenvalue weighted by molar-refractivity contribution is -0.121. The molecule has 1 amide bonds. The van der Waals surface area contributed by atoms with E-state index in [0.29, 0.717) is 11.5 Å². The summed E-state index contributed by atoms with van der Waals surface area (Å²) in [6.45, 7) is 5.86. The normalized spacial score (nSPS) is 20.9. The fraction of sp³-hybridized carbons (Fsp3) is 0.286. The minimum absolute atomic E-state index is 0.193. The van der Waals surface area contributed by atoms with Gasteiger partial charge in [0.15, 0.2) is 0 Å². The summed E-state index contributed by atoms with van der Waals surface area (Å²) in [6.07, 6.45) is 1.41. The summed E-state index contributed by atoms with van der Waals surface area (Å²) in [6, 6.07) is 11.5. The van der Waals surface area contributed by atoms with Crippen LogP contribution in [0.2, 0.25) is 0 Å². The Morgan fingerprint density at radius 3 is 2.75 bits per heavy atom. The largest absolute Gasteiger partial charge is 0.351 e. The van der Waals surface area contributed by atoms with Gasteiger partial charge >= 0.3 is 0 Å². The number of carbonyl (C=O) groups is 1. The van der Waals surface area contributed by atoms with E-state index in [9.17, 15) is 9.18 Å². The Hall–Kier alpha value is -3.22. The van der Waals surface area contributed by atoms with Crippen molar-refractivity contribution in [1.29, 1.82) is 0 Å². The van der Waals surface area contributed by atoms with Crippen molar-refractivity contribution >= 4 is 17.5 Å². The summed E-state index contributed by atoms with van der Waals surface area (Å²) in [5.41, 5.74) is 3.27. The highest BCUT2D eigenvalue weighted by molar-refractivity contribution is 5.94. The molecule has 0 aliphatic carbocycles. The Morgan fingerprint density at radius 1 is 1.21 bits per heavy atom. The molecule has 0 unspecified atom stereocenters. The number of benzene rings is 2. The summed E-state index contributed by atoms with van der Waals surface area (Å²) in [7, 11) is 0. The van der Waals surface area contributed by atoms with Crippen LogP contribution in [0.1, 0.15) is 29.7 Å². The lowest BCUT2D eigenvalue weighted by Crippen LogP contribution is -2.47. The van der Waals surface area contributed by atoms with Gasteiger partial charge in [0.25, 0.3) is 0 Å². The first-order valence-electron chi connectivity index (χ1n) is 9.24. The van der Waals surface area contributed by atoms with Crippen molar-refractivity contribution < 1.29 is 9.18 Å². The van der Waals surface area contributed by atoms with Crippen LogP contribution in [-0.4, -0.2) is 26.7 Å². The van der Waals surface area contributed by atoms with Gasteiger partial charge in [-0.2, -0.15) is 10.1 Å². The maximum atomic E-state index is 14.7. The maximum Gasteiger partial charge on any atom is 0.232 e. The van der Waals surface area contributed by atoms with E-state index in [2.05, 4.69) is 20.7 Å². The minimum atomic E-state index is -0.597. The number of rotatable bonds is 3. The first kappa shape index (κ1) is 18.2. The molecule has 2 heterocycles. The highest BCUT2D eigenvalue weighted by Crippen LogP contribution is 2.37. The SMILES string of the molecule is Cc1ccc(NC(=O)[C@@H]2[C@H](C)Nc3ncnn3[C@H]2c2ccccc2F)c(C)c1. The number of aryl methyl sites for hydroxylation is 2. The number of amides is 1. The van der Waals surface area contributed by atoms with Gasteiger partial charge in [0.05, 0.1) is 12.0 Å². The molecule has 144 valence electrons. The molecule has 2 aromatic carbocycles. The van der Waals surface area contributed by atoms with Gasteiger partial charge in [-0.3, -0.25) is 4.79 Å². The number of aromatic nitrogens is 3. The molecule has 0 fully saturated rings. The van der Waals surface area contributed by atoms with E-state index in [1.54, 1.807) is 22.9 Å². The van der Waals surface area contributed by atoms with Crippen molar-refractivity contribution in [2.75, 3.05) is 10.6 Å². The van der Waals surface area contributed by atoms with Gasteiger partial charge in [0.1, 0.15) is 12.1 Å². The smallest absolute Gasteiger partial charge is 0.232 e. The third-order valence-electron chi connectivity index (χ3n) is 5.24. The lowest BCUT2D eigenvalue weighted by atomic mass is 9.85. The number of nitrogens with zero attached hydrogens (tertiary/aromatic N) is 3. The summed E-state index contributed by atoms with van der Waals surface area (Å²) in [4.78, 5) is 17.5. The number of anilines is 2. The van der Waals surface area contributed by atoms with Crippen molar-refractivity contribution in [2.45, 2.75) is 32.9 Å². The van der Waals surface area contributed by atoms with Crippen molar-refractivity contribution in [2.24, 2.45) is 5.92 Å². The number of fused-ring (bicyclic) bond motifs is 1. The molecule has 1 aliphatic rings. The number of carbonyl (C=O) groups excluding carboxylic acids is 1. The number of hydrogen-bond donors (Lipinski definition) is 2. The van der Waals surface area contributed by atoms with Crippen molar-refractivity contribution in [3.05, 3.63) is 71.3 Å². The molecule has 1 aromatic heterocycles. The molecule has 7 heteroatoms. The van der Waals surface area contributed by atoms with Crippen LogP contribution in [0.3, 0.4) is 0 Å². The topological polar surface area (TPSA) is 71.8 Å². The summed E-state index contributed by atoms with van der Waals surface area (Å²) < 4.78 is 16.2. The van der Waals surface area contributed by atoms with Crippen molar-refractivity contribution in [3.63, 3.8) is 0 Å². The maximum absolute atomic E-state index is 14.7. The van der Waals surface area contributed by atoms with Crippen LogP contribution in [0, 0.1) is 25.6 Å². The predicted molar refractivity (Wildman–Crippen MR) is 106 cm³/mol. The Morgan fingerprint density at radius 2 is 2.00 bits per heavy atom. The predicted octanol–water partition coefficient (Wildman–Crippen LogP) is 3.69. The van der Waals surface area contributed by atoms with E-state index in [-0.39, 0.29) is 17.8 Å². The monoisotopic (exact) mass is 379 g/mol. The van der Waals surface area contributed by atoms with Crippen LogP contribution < -0.4 is 10.6 Å². The fourth-order valence-corrected chi connectivity index (χ4v) is 3.86. The van der Waals surface area contributed by atoms with Gasteiger partial charge in [-0.25, -0.2) is 9.07 Å².